The molecule has 0 unspecified atom stereocenters. The first-order valence-electron chi connectivity index (χ1n) is 18.8. The molecule has 0 aliphatic carbocycles. The van der Waals surface area contributed by atoms with Crippen LogP contribution in [0.1, 0.15) is 74.5 Å². The van der Waals surface area contributed by atoms with Crippen molar-refractivity contribution >= 4 is 40.7 Å². The smallest absolute Gasteiger partial charge is 0.251 e. The summed E-state index contributed by atoms with van der Waals surface area (Å²) in [6.45, 7) is 12.3. The van der Waals surface area contributed by atoms with Gasteiger partial charge in [-0.25, -0.2) is 4.98 Å². The van der Waals surface area contributed by atoms with Gasteiger partial charge < -0.3 is 36.2 Å². The van der Waals surface area contributed by atoms with Crippen molar-refractivity contribution in [2.75, 3.05) is 50.7 Å². The van der Waals surface area contributed by atoms with Gasteiger partial charge in [-0.2, -0.15) is 0 Å². The third-order valence-electron chi connectivity index (χ3n) is 9.94. The average Bonchev–Trinajstić information content (AvgIpc) is 3.77. The average molecular weight is 746 g/mol. The lowest BCUT2D eigenvalue weighted by atomic mass is 9.85. The van der Waals surface area contributed by atoms with Gasteiger partial charge in [-0.15, -0.1) is 11.3 Å². The van der Waals surface area contributed by atoms with Gasteiger partial charge in [0.1, 0.15) is 12.1 Å². The number of carbonyl (C=O) groups is 4. The summed E-state index contributed by atoms with van der Waals surface area (Å²) < 4.78 is 0. The van der Waals surface area contributed by atoms with Gasteiger partial charge in [-0.05, 0) is 67.0 Å². The van der Waals surface area contributed by atoms with E-state index in [9.17, 15) is 24.3 Å². The lowest BCUT2D eigenvalue weighted by Gasteiger charge is -2.35. The normalized spacial score (nSPS) is 18.1. The Hall–Kier alpha value is -4.33. The molecule has 12 nitrogen and oxygen atoms in total. The van der Waals surface area contributed by atoms with Gasteiger partial charge in [0.05, 0.1) is 22.2 Å². The third kappa shape index (κ3) is 11.1. The highest BCUT2D eigenvalue weighted by molar-refractivity contribution is 7.13. The van der Waals surface area contributed by atoms with Crippen LogP contribution in [0.3, 0.4) is 0 Å². The SMILES string of the molecule is Cc1ncsc1-c1ccc(CCNC(=O)[C@@H]2C[C@H](O)CN2C(=O)[C@@H](NC(=O)CCCCCNC(=O)c2ccc(N3CCNCC3)cc2)C(C)(C)C)cc1. The van der Waals surface area contributed by atoms with Gasteiger partial charge in [-0.3, -0.25) is 19.2 Å². The molecule has 2 fully saturated rings. The predicted molar refractivity (Wildman–Crippen MR) is 209 cm³/mol. The summed E-state index contributed by atoms with van der Waals surface area (Å²) >= 11 is 1.60. The number of aryl methyl sites for hydroxylation is 1. The Kier molecular flexibility index (Phi) is 14.0. The molecule has 2 aliphatic heterocycles. The number of likely N-dealkylation sites (tertiary alicyclic amines) is 1. The van der Waals surface area contributed by atoms with E-state index >= 15 is 0 Å². The molecular weight excluding hydrogens is 691 g/mol. The molecule has 4 amide bonds. The van der Waals surface area contributed by atoms with E-state index < -0.39 is 23.6 Å². The number of nitrogens with zero attached hydrogens (tertiary/aromatic N) is 3. The minimum absolute atomic E-state index is 0.0316. The fraction of sp³-hybridized carbons (Fsp3) is 0.525. The standard InChI is InChI=1S/C40H55N7O5S/c1-27-35(53-26-44-27)29-11-9-28(10-12-29)17-19-43-38(51)33-24-32(48)25-47(33)39(52)36(40(2,3)4)45-34(49)8-6-5-7-18-42-37(50)30-13-15-31(16-14-30)46-22-20-41-21-23-46/h9-16,26,32-33,36,41,48H,5-8,17-25H2,1-4H3,(H,42,50)(H,43,51)(H,45,49)/t32-,33-,36+/m0/s1. The number of rotatable bonds is 15. The molecule has 5 N–H and O–H groups in total. The molecule has 0 spiro atoms. The van der Waals surface area contributed by atoms with Crippen molar-refractivity contribution in [2.24, 2.45) is 5.41 Å². The molecule has 286 valence electrons. The Morgan fingerprint density at radius 2 is 1.68 bits per heavy atom. The quantitative estimate of drug-likeness (QED) is 0.148. The molecule has 1 aromatic heterocycles. The predicted octanol–water partition coefficient (Wildman–Crippen LogP) is 3.67. The Balaban J connectivity index is 1.03. The Morgan fingerprint density at radius 3 is 2.34 bits per heavy atom. The molecule has 3 aromatic rings. The highest BCUT2D eigenvalue weighted by Crippen LogP contribution is 2.28. The van der Waals surface area contributed by atoms with Crippen LogP contribution in [-0.4, -0.2) is 103 Å². The van der Waals surface area contributed by atoms with Crippen molar-refractivity contribution in [3.8, 4) is 10.4 Å². The largest absolute Gasteiger partial charge is 0.391 e. The summed E-state index contributed by atoms with van der Waals surface area (Å²) in [6.07, 6.45) is 2.23. The first-order valence-corrected chi connectivity index (χ1v) is 19.7. The van der Waals surface area contributed by atoms with Crippen LogP contribution in [0.4, 0.5) is 5.69 Å². The number of aliphatic hydroxyl groups excluding tert-OH is 1. The molecule has 3 heterocycles. The fourth-order valence-electron chi connectivity index (χ4n) is 6.84. The molecule has 5 rings (SSSR count). The second-order valence-corrected chi connectivity index (χ2v) is 16.0. The minimum Gasteiger partial charge on any atom is -0.391 e. The van der Waals surface area contributed by atoms with Gasteiger partial charge in [0.15, 0.2) is 0 Å². The summed E-state index contributed by atoms with van der Waals surface area (Å²) in [5.41, 5.74) is 6.13. The van der Waals surface area contributed by atoms with Crippen LogP contribution in [0.25, 0.3) is 10.4 Å². The number of anilines is 1. The van der Waals surface area contributed by atoms with Gasteiger partial charge in [0, 0.05) is 69.9 Å². The van der Waals surface area contributed by atoms with Crippen LogP contribution >= 0.6 is 11.3 Å². The molecule has 2 aromatic carbocycles. The number of carbonyl (C=O) groups excluding carboxylic acids is 4. The fourth-order valence-corrected chi connectivity index (χ4v) is 7.65. The number of β-amino-alcohol motifs (C(OH)–C–C–N with tert-alkyl or cyclic N) is 1. The van der Waals surface area contributed by atoms with E-state index in [-0.39, 0.29) is 43.0 Å². The maximum absolute atomic E-state index is 13.9. The van der Waals surface area contributed by atoms with Crippen LogP contribution in [0.2, 0.25) is 0 Å². The molecule has 13 heteroatoms. The van der Waals surface area contributed by atoms with E-state index in [0.717, 1.165) is 66.4 Å². The Labute approximate surface area is 317 Å². The van der Waals surface area contributed by atoms with Crippen LogP contribution in [0.5, 0.6) is 0 Å². The lowest BCUT2D eigenvalue weighted by Crippen LogP contribution is -2.57. The number of piperazine rings is 1. The van der Waals surface area contributed by atoms with E-state index in [1.54, 1.807) is 11.3 Å². The van der Waals surface area contributed by atoms with Gasteiger partial charge >= 0.3 is 0 Å². The van der Waals surface area contributed by atoms with E-state index in [2.05, 4.69) is 43.3 Å². The third-order valence-corrected chi connectivity index (χ3v) is 10.9. The summed E-state index contributed by atoms with van der Waals surface area (Å²) in [6, 6.07) is 14.2. The van der Waals surface area contributed by atoms with Crippen LogP contribution < -0.4 is 26.2 Å². The first-order chi connectivity index (χ1) is 25.4. The number of amides is 4. The Bertz CT molecular complexity index is 1680. The topological polar surface area (TPSA) is 156 Å². The molecule has 0 saturated carbocycles. The van der Waals surface area contributed by atoms with Crippen molar-refractivity contribution in [3.05, 3.63) is 70.9 Å². The van der Waals surface area contributed by atoms with Gasteiger partial charge in [0.2, 0.25) is 17.7 Å². The van der Waals surface area contributed by atoms with Crippen molar-refractivity contribution < 1.29 is 24.3 Å². The zero-order chi connectivity index (χ0) is 38.0. The second kappa shape index (κ2) is 18.6. The maximum atomic E-state index is 13.9. The number of unbranched alkanes of at least 4 members (excludes halogenated alkanes) is 2. The highest BCUT2D eigenvalue weighted by Gasteiger charge is 2.44. The van der Waals surface area contributed by atoms with Crippen LogP contribution in [-0.2, 0) is 20.8 Å². The van der Waals surface area contributed by atoms with Gasteiger partial charge in [-0.1, -0.05) is 51.5 Å². The molecular formula is C40H55N7O5S. The zero-order valence-electron chi connectivity index (χ0n) is 31.5. The number of aliphatic hydroxyl groups is 1. The molecule has 3 atom stereocenters. The minimum atomic E-state index is -0.867. The molecule has 2 saturated heterocycles. The summed E-state index contributed by atoms with van der Waals surface area (Å²) in [5, 5.41) is 22.7. The van der Waals surface area contributed by atoms with Crippen LogP contribution in [0, 0.1) is 12.3 Å². The summed E-state index contributed by atoms with van der Waals surface area (Å²) in [7, 11) is 0. The van der Waals surface area contributed by atoms with Crippen molar-refractivity contribution in [3.63, 3.8) is 0 Å². The highest BCUT2D eigenvalue weighted by atomic mass is 32.1. The molecule has 0 radical (unpaired) electrons. The number of benzene rings is 2. The van der Waals surface area contributed by atoms with E-state index in [1.807, 2.05) is 69.6 Å². The van der Waals surface area contributed by atoms with Gasteiger partial charge in [0.25, 0.3) is 5.91 Å². The molecule has 2 aliphatic rings. The number of hydrogen-bond donors (Lipinski definition) is 5. The second-order valence-electron chi connectivity index (χ2n) is 15.1. The van der Waals surface area contributed by atoms with Crippen LogP contribution in [0.15, 0.2) is 54.0 Å². The first kappa shape index (κ1) is 39.9. The Morgan fingerprint density at radius 1 is 0.962 bits per heavy atom. The molecule has 0 bridgehead atoms. The number of thiazole rings is 1. The monoisotopic (exact) mass is 745 g/mol. The number of nitrogens with one attached hydrogen (secondary N) is 4. The van der Waals surface area contributed by atoms with Crippen molar-refractivity contribution in [1.29, 1.82) is 0 Å². The van der Waals surface area contributed by atoms with E-state index in [4.69, 9.17) is 0 Å². The summed E-state index contributed by atoms with van der Waals surface area (Å²) in [4.78, 5) is 62.1. The maximum Gasteiger partial charge on any atom is 0.251 e. The van der Waals surface area contributed by atoms with Crippen molar-refractivity contribution in [1.82, 2.24) is 31.2 Å². The number of aromatic nitrogens is 1. The van der Waals surface area contributed by atoms with E-state index in [1.165, 1.54) is 4.90 Å². The van der Waals surface area contributed by atoms with E-state index in [0.29, 0.717) is 31.5 Å². The number of hydrogen-bond acceptors (Lipinski definition) is 9. The van der Waals surface area contributed by atoms with Crippen molar-refractivity contribution in [2.45, 2.75) is 84.4 Å². The lowest BCUT2D eigenvalue weighted by molar-refractivity contribution is -0.144. The zero-order valence-corrected chi connectivity index (χ0v) is 32.3. The molecule has 53 heavy (non-hydrogen) atoms. The summed E-state index contributed by atoms with van der Waals surface area (Å²) in [5.74, 6) is -1.05.